The average molecular weight is 540 g/mol. The number of hydrogen-bond donors (Lipinski definition) is 0. The van der Waals surface area contributed by atoms with Gasteiger partial charge in [0.05, 0.1) is 11.1 Å². The molecule has 7 aromatic carbocycles. The molecule has 1 aliphatic heterocycles. The molecule has 0 saturated carbocycles. The minimum atomic E-state index is -0.394. The standard InChI is InChI=1S/C39H25NS/c1-3-14-28(15-4-1)40(29-16-5-2-6-17-29)34-22-11-21-33-38(34)41-35-23-8-7-18-30(35)39(33)31-19-9-12-26-24-25-27-13-10-20-32(39)37(27)36(26)31/h1-25H. The first kappa shape index (κ1) is 23.0. The fourth-order valence-electron chi connectivity index (χ4n) is 7.31. The second kappa shape index (κ2) is 8.60. The van der Waals surface area contributed by atoms with E-state index in [1.807, 2.05) is 11.8 Å². The minimum Gasteiger partial charge on any atom is -0.309 e. The summed E-state index contributed by atoms with van der Waals surface area (Å²) >= 11 is 1.90. The van der Waals surface area contributed by atoms with Gasteiger partial charge in [-0.15, -0.1) is 0 Å². The molecule has 41 heavy (non-hydrogen) atoms. The molecule has 0 fully saturated rings. The van der Waals surface area contributed by atoms with Gasteiger partial charge in [-0.05, 0) is 80.2 Å². The van der Waals surface area contributed by atoms with E-state index in [2.05, 4.69) is 157 Å². The van der Waals surface area contributed by atoms with Gasteiger partial charge in [0, 0.05) is 21.2 Å². The molecule has 1 nitrogen and oxygen atoms in total. The molecule has 0 amide bonds. The van der Waals surface area contributed by atoms with E-state index < -0.39 is 5.41 Å². The molecule has 2 heteroatoms. The summed E-state index contributed by atoms with van der Waals surface area (Å²) in [6.45, 7) is 0. The monoisotopic (exact) mass is 539 g/mol. The lowest BCUT2D eigenvalue weighted by atomic mass is 9.67. The number of para-hydroxylation sites is 2. The van der Waals surface area contributed by atoms with Crippen molar-refractivity contribution >= 4 is 50.4 Å². The van der Waals surface area contributed by atoms with Gasteiger partial charge in [0.2, 0.25) is 0 Å². The maximum Gasteiger partial charge on any atom is 0.0736 e. The Hall–Kier alpha value is -4.79. The highest BCUT2D eigenvalue weighted by Gasteiger charge is 2.49. The van der Waals surface area contributed by atoms with Crippen molar-refractivity contribution in [3.8, 4) is 0 Å². The Kier molecular flexibility index (Phi) is 4.82. The van der Waals surface area contributed by atoms with Crippen LogP contribution in [0.15, 0.2) is 161 Å². The van der Waals surface area contributed by atoms with Crippen LogP contribution in [-0.2, 0) is 5.41 Å². The van der Waals surface area contributed by atoms with Gasteiger partial charge in [-0.25, -0.2) is 0 Å². The van der Waals surface area contributed by atoms with Crippen LogP contribution in [0.4, 0.5) is 17.1 Å². The maximum atomic E-state index is 2.41. The second-order valence-corrected chi connectivity index (χ2v) is 11.9. The highest BCUT2D eigenvalue weighted by Crippen LogP contribution is 2.63. The summed E-state index contributed by atoms with van der Waals surface area (Å²) < 4.78 is 0. The number of benzene rings is 7. The number of fused-ring (bicyclic) bond motifs is 6. The SMILES string of the molecule is c1ccc(N(c2ccccc2)c2cccc3c2Sc2ccccc2C32c3cccc4ccc5cccc2c5c34)cc1. The van der Waals surface area contributed by atoms with E-state index in [4.69, 9.17) is 0 Å². The van der Waals surface area contributed by atoms with Crippen molar-refractivity contribution in [1.29, 1.82) is 0 Å². The average Bonchev–Trinajstić information content (AvgIpc) is 3.34. The van der Waals surface area contributed by atoms with E-state index in [1.54, 1.807) is 0 Å². The Balaban J connectivity index is 1.42. The van der Waals surface area contributed by atoms with Crippen molar-refractivity contribution in [3.05, 3.63) is 174 Å². The molecular weight excluding hydrogens is 515 g/mol. The van der Waals surface area contributed by atoms with Crippen molar-refractivity contribution in [2.24, 2.45) is 0 Å². The predicted octanol–water partition coefficient (Wildman–Crippen LogP) is 10.6. The van der Waals surface area contributed by atoms with Gasteiger partial charge in [-0.2, -0.15) is 0 Å². The van der Waals surface area contributed by atoms with Gasteiger partial charge in [0.15, 0.2) is 0 Å². The van der Waals surface area contributed by atoms with Crippen molar-refractivity contribution in [2.75, 3.05) is 4.90 Å². The van der Waals surface area contributed by atoms with E-state index in [1.165, 1.54) is 59.3 Å². The van der Waals surface area contributed by atoms with Crippen LogP contribution < -0.4 is 4.90 Å². The van der Waals surface area contributed by atoms with E-state index in [-0.39, 0.29) is 0 Å². The minimum absolute atomic E-state index is 0.394. The zero-order valence-corrected chi connectivity index (χ0v) is 23.1. The van der Waals surface area contributed by atoms with Crippen molar-refractivity contribution in [1.82, 2.24) is 0 Å². The second-order valence-electron chi connectivity index (χ2n) is 10.9. The van der Waals surface area contributed by atoms with Crippen LogP contribution in [0.25, 0.3) is 21.5 Å². The Morgan fingerprint density at radius 1 is 0.415 bits per heavy atom. The molecule has 0 aromatic heterocycles. The number of anilines is 3. The summed E-state index contributed by atoms with van der Waals surface area (Å²) in [6.07, 6.45) is 0. The van der Waals surface area contributed by atoms with Gasteiger partial charge >= 0.3 is 0 Å². The molecule has 0 atom stereocenters. The zero-order valence-electron chi connectivity index (χ0n) is 22.3. The van der Waals surface area contributed by atoms with Crippen LogP contribution >= 0.6 is 11.8 Å². The molecule has 0 unspecified atom stereocenters. The third-order valence-electron chi connectivity index (χ3n) is 8.86. The molecule has 1 heterocycles. The lowest BCUT2D eigenvalue weighted by Crippen LogP contribution is -2.32. The summed E-state index contributed by atoms with van der Waals surface area (Å²) in [4.78, 5) is 5.03. The number of rotatable bonds is 3. The lowest BCUT2D eigenvalue weighted by Gasteiger charge is -2.41. The van der Waals surface area contributed by atoms with Crippen molar-refractivity contribution in [2.45, 2.75) is 15.2 Å². The quantitative estimate of drug-likeness (QED) is 0.205. The van der Waals surface area contributed by atoms with Gasteiger partial charge in [-0.1, -0.05) is 127 Å². The predicted molar refractivity (Wildman–Crippen MR) is 172 cm³/mol. The van der Waals surface area contributed by atoms with Crippen LogP contribution in [0, 0.1) is 0 Å². The van der Waals surface area contributed by atoms with E-state index in [9.17, 15) is 0 Å². The van der Waals surface area contributed by atoms with Crippen LogP contribution in [0.5, 0.6) is 0 Å². The Bertz CT molecular complexity index is 2030. The normalized spacial score (nSPS) is 14.0. The highest BCUT2D eigenvalue weighted by molar-refractivity contribution is 7.99. The van der Waals surface area contributed by atoms with E-state index in [0.29, 0.717) is 0 Å². The van der Waals surface area contributed by atoms with E-state index >= 15 is 0 Å². The first-order chi connectivity index (χ1) is 20.4. The summed E-state index contributed by atoms with van der Waals surface area (Å²) in [5.41, 5.74) is 8.61. The van der Waals surface area contributed by atoms with Crippen LogP contribution in [-0.4, -0.2) is 0 Å². The first-order valence-corrected chi connectivity index (χ1v) is 14.9. The molecule has 0 radical (unpaired) electrons. The molecule has 0 bridgehead atoms. The van der Waals surface area contributed by atoms with Crippen molar-refractivity contribution < 1.29 is 0 Å². The van der Waals surface area contributed by atoms with Crippen molar-refractivity contribution in [3.63, 3.8) is 0 Å². The molecule has 0 saturated heterocycles. The lowest BCUT2D eigenvalue weighted by molar-refractivity contribution is 0.725. The first-order valence-electron chi connectivity index (χ1n) is 14.1. The largest absolute Gasteiger partial charge is 0.309 e. The molecule has 192 valence electrons. The van der Waals surface area contributed by atoms with Gasteiger partial charge in [0.25, 0.3) is 0 Å². The summed E-state index contributed by atoms with van der Waals surface area (Å²) in [7, 11) is 0. The summed E-state index contributed by atoms with van der Waals surface area (Å²) in [6, 6.07) is 55.8. The zero-order chi connectivity index (χ0) is 27.0. The molecule has 2 aliphatic rings. The summed E-state index contributed by atoms with van der Waals surface area (Å²) in [5.74, 6) is 0. The fourth-order valence-corrected chi connectivity index (χ4v) is 8.60. The van der Waals surface area contributed by atoms with Crippen LogP contribution in [0.1, 0.15) is 22.3 Å². The highest BCUT2D eigenvalue weighted by atomic mass is 32.2. The Labute approximate surface area is 243 Å². The maximum absolute atomic E-state index is 2.41. The van der Waals surface area contributed by atoms with Crippen LogP contribution in [0.2, 0.25) is 0 Å². The topological polar surface area (TPSA) is 3.24 Å². The van der Waals surface area contributed by atoms with E-state index in [0.717, 1.165) is 11.4 Å². The smallest absolute Gasteiger partial charge is 0.0736 e. The molecule has 1 aliphatic carbocycles. The molecule has 7 aromatic rings. The Morgan fingerprint density at radius 2 is 0.927 bits per heavy atom. The third-order valence-corrected chi connectivity index (χ3v) is 10.1. The molecule has 0 N–H and O–H groups in total. The van der Waals surface area contributed by atoms with Gasteiger partial charge < -0.3 is 4.90 Å². The Morgan fingerprint density at radius 3 is 1.56 bits per heavy atom. The van der Waals surface area contributed by atoms with Gasteiger partial charge in [0.1, 0.15) is 0 Å². The van der Waals surface area contributed by atoms with Gasteiger partial charge in [-0.3, -0.25) is 0 Å². The van der Waals surface area contributed by atoms with Crippen LogP contribution in [0.3, 0.4) is 0 Å². The summed E-state index contributed by atoms with van der Waals surface area (Å²) in [5, 5.41) is 5.40. The fraction of sp³-hybridized carbons (Fsp3) is 0.0256. The molecule has 9 rings (SSSR count). The molecule has 1 spiro atoms. The molecular formula is C39H25NS. The third kappa shape index (κ3) is 3.03. The number of hydrogen-bond acceptors (Lipinski definition) is 2. The number of nitrogens with zero attached hydrogens (tertiary/aromatic N) is 1.